The summed E-state index contributed by atoms with van der Waals surface area (Å²) >= 11 is 0. The Hall–Kier alpha value is -3.42. The summed E-state index contributed by atoms with van der Waals surface area (Å²) in [5.41, 5.74) is 4.92. The van der Waals surface area contributed by atoms with Gasteiger partial charge in [0.15, 0.2) is 0 Å². The highest BCUT2D eigenvalue weighted by atomic mass is 28.3. The molecule has 0 aliphatic rings. The first-order valence-electron chi connectivity index (χ1n) is 10.8. The van der Waals surface area contributed by atoms with E-state index < -0.39 is 8.07 Å². The summed E-state index contributed by atoms with van der Waals surface area (Å²) < 4.78 is 0. The molecule has 0 unspecified atom stereocenters. The first kappa shape index (κ1) is 20.8. The van der Waals surface area contributed by atoms with E-state index in [2.05, 4.69) is 134 Å². The van der Waals surface area contributed by atoms with Gasteiger partial charge in [0, 0.05) is 0 Å². The van der Waals surface area contributed by atoms with E-state index in [1.165, 1.54) is 32.6 Å². The minimum Gasteiger partial charge on any atom is -0.0622 e. The first-order valence-corrected chi connectivity index (χ1v) is 13.8. The van der Waals surface area contributed by atoms with Gasteiger partial charge in [-0.15, -0.1) is 0 Å². The van der Waals surface area contributed by atoms with Crippen LogP contribution in [-0.4, -0.2) is 8.07 Å². The second-order valence-electron chi connectivity index (χ2n) is 8.36. The molecular weight excluding hydrogens is 388 g/mol. The van der Waals surface area contributed by atoms with Crippen molar-refractivity contribution in [1.82, 2.24) is 0 Å². The normalized spacial score (nSPS) is 11.9. The number of rotatable bonds is 6. The van der Waals surface area contributed by atoms with Gasteiger partial charge in [0.1, 0.15) is 8.07 Å². The molecule has 1 heteroatoms. The highest BCUT2D eigenvalue weighted by molar-refractivity contribution is 7.00. The summed E-state index contributed by atoms with van der Waals surface area (Å²) in [6.07, 6.45) is 8.70. The summed E-state index contributed by atoms with van der Waals surface area (Å²) in [6, 6.07) is 39.0. The maximum atomic E-state index is 2.43. The molecule has 0 aromatic heterocycles. The zero-order chi connectivity index (χ0) is 21.5. The van der Waals surface area contributed by atoms with Crippen LogP contribution in [0.3, 0.4) is 0 Å². The number of hydrogen-bond acceptors (Lipinski definition) is 0. The SMILES string of the molecule is C[Si](C)(c1ccc(/C=C/c2ccccc2)cc1)c1ccc(/C=C/c2ccccc2)cc1. The maximum absolute atomic E-state index is 2.43. The van der Waals surface area contributed by atoms with Gasteiger partial charge in [0.25, 0.3) is 0 Å². The van der Waals surface area contributed by atoms with E-state index in [0.717, 1.165) is 0 Å². The van der Waals surface area contributed by atoms with Gasteiger partial charge in [0.2, 0.25) is 0 Å². The van der Waals surface area contributed by atoms with Crippen LogP contribution >= 0.6 is 0 Å². The molecular formula is C30H28Si. The Kier molecular flexibility index (Phi) is 6.45. The van der Waals surface area contributed by atoms with Crippen LogP contribution in [0.5, 0.6) is 0 Å². The van der Waals surface area contributed by atoms with Crippen LogP contribution in [0.4, 0.5) is 0 Å². The Morgan fingerprint density at radius 1 is 0.387 bits per heavy atom. The third-order valence-electron chi connectivity index (χ3n) is 5.80. The minimum atomic E-state index is -1.72. The van der Waals surface area contributed by atoms with Crippen molar-refractivity contribution in [3.05, 3.63) is 131 Å². The van der Waals surface area contributed by atoms with Crippen molar-refractivity contribution in [1.29, 1.82) is 0 Å². The van der Waals surface area contributed by atoms with Crippen molar-refractivity contribution >= 4 is 42.8 Å². The van der Waals surface area contributed by atoms with Crippen LogP contribution in [0, 0.1) is 0 Å². The van der Waals surface area contributed by atoms with Crippen molar-refractivity contribution in [3.63, 3.8) is 0 Å². The van der Waals surface area contributed by atoms with Gasteiger partial charge in [0.05, 0.1) is 0 Å². The lowest BCUT2D eigenvalue weighted by Crippen LogP contribution is -2.52. The summed E-state index contributed by atoms with van der Waals surface area (Å²) in [5.74, 6) is 0. The van der Waals surface area contributed by atoms with Crippen LogP contribution in [0.1, 0.15) is 22.3 Å². The van der Waals surface area contributed by atoms with E-state index in [0.29, 0.717) is 0 Å². The van der Waals surface area contributed by atoms with E-state index in [9.17, 15) is 0 Å². The standard InChI is InChI=1S/C30H28Si/c1-31(2,29-21-17-27(18-22-29)15-13-25-9-5-3-6-10-25)30-23-19-28(20-24-30)16-14-26-11-7-4-8-12-26/h3-24H,1-2H3/b15-13+,16-14+. The second-order valence-corrected chi connectivity index (χ2v) is 12.8. The molecule has 0 aliphatic heterocycles. The Bertz CT molecular complexity index is 1060. The molecule has 4 aromatic carbocycles. The molecule has 0 heterocycles. The molecule has 0 saturated carbocycles. The largest absolute Gasteiger partial charge is 0.112 e. The lowest BCUT2D eigenvalue weighted by atomic mass is 10.1. The quantitative estimate of drug-likeness (QED) is 0.238. The predicted molar refractivity (Wildman–Crippen MR) is 140 cm³/mol. The molecule has 0 saturated heterocycles. The lowest BCUT2D eigenvalue weighted by Gasteiger charge is -2.24. The Labute approximate surface area is 187 Å². The van der Waals surface area contributed by atoms with Gasteiger partial charge in [-0.3, -0.25) is 0 Å². The molecule has 0 radical (unpaired) electrons. The molecule has 152 valence electrons. The molecule has 0 fully saturated rings. The Balaban J connectivity index is 1.47. The van der Waals surface area contributed by atoms with Gasteiger partial charge in [-0.05, 0) is 22.3 Å². The summed E-state index contributed by atoms with van der Waals surface area (Å²) in [7, 11) is -1.72. The molecule has 0 atom stereocenters. The smallest absolute Gasteiger partial charge is 0.0622 e. The van der Waals surface area contributed by atoms with Crippen molar-refractivity contribution in [2.24, 2.45) is 0 Å². The van der Waals surface area contributed by atoms with Crippen LogP contribution in [0.2, 0.25) is 13.1 Å². The molecule has 0 aliphatic carbocycles. The number of hydrogen-bond donors (Lipinski definition) is 0. The number of benzene rings is 4. The molecule has 0 amide bonds. The van der Waals surface area contributed by atoms with E-state index in [-0.39, 0.29) is 0 Å². The third-order valence-corrected chi connectivity index (χ3v) is 9.35. The molecule has 4 rings (SSSR count). The summed E-state index contributed by atoms with van der Waals surface area (Å²) in [5, 5.41) is 2.91. The Morgan fingerprint density at radius 2 is 0.677 bits per heavy atom. The zero-order valence-electron chi connectivity index (χ0n) is 18.2. The van der Waals surface area contributed by atoms with Crippen molar-refractivity contribution in [3.8, 4) is 0 Å². The maximum Gasteiger partial charge on any atom is 0.112 e. The molecule has 0 nitrogen and oxygen atoms in total. The van der Waals surface area contributed by atoms with Gasteiger partial charge >= 0.3 is 0 Å². The van der Waals surface area contributed by atoms with Crippen LogP contribution in [-0.2, 0) is 0 Å². The summed E-state index contributed by atoms with van der Waals surface area (Å²) in [4.78, 5) is 0. The van der Waals surface area contributed by atoms with E-state index in [1.54, 1.807) is 0 Å². The van der Waals surface area contributed by atoms with Gasteiger partial charge in [-0.25, -0.2) is 0 Å². The zero-order valence-corrected chi connectivity index (χ0v) is 19.2. The topological polar surface area (TPSA) is 0 Å². The highest BCUT2D eigenvalue weighted by Crippen LogP contribution is 2.12. The monoisotopic (exact) mass is 416 g/mol. The van der Waals surface area contributed by atoms with Crippen molar-refractivity contribution in [2.45, 2.75) is 13.1 Å². The van der Waals surface area contributed by atoms with Crippen LogP contribution < -0.4 is 10.4 Å². The average Bonchev–Trinajstić information content (AvgIpc) is 2.83. The van der Waals surface area contributed by atoms with E-state index in [1.807, 2.05) is 12.1 Å². The Morgan fingerprint density at radius 3 is 1.00 bits per heavy atom. The van der Waals surface area contributed by atoms with E-state index in [4.69, 9.17) is 0 Å². The molecule has 31 heavy (non-hydrogen) atoms. The average molecular weight is 417 g/mol. The van der Waals surface area contributed by atoms with Crippen molar-refractivity contribution in [2.75, 3.05) is 0 Å². The van der Waals surface area contributed by atoms with Crippen LogP contribution in [0.15, 0.2) is 109 Å². The van der Waals surface area contributed by atoms with Crippen LogP contribution in [0.25, 0.3) is 24.3 Å². The first-order chi connectivity index (χ1) is 15.1. The fourth-order valence-electron chi connectivity index (χ4n) is 3.70. The molecule has 0 spiro atoms. The lowest BCUT2D eigenvalue weighted by molar-refractivity contribution is 1.63. The van der Waals surface area contributed by atoms with Gasteiger partial charge in [-0.2, -0.15) is 0 Å². The van der Waals surface area contributed by atoms with Gasteiger partial charge in [-0.1, -0.05) is 157 Å². The summed E-state index contributed by atoms with van der Waals surface area (Å²) in [6.45, 7) is 4.85. The third kappa shape index (κ3) is 5.39. The second kappa shape index (κ2) is 9.59. The van der Waals surface area contributed by atoms with Gasteiger partial charge < -0.3 is 0 Å². The van der Waals surface area contributed by atoms with E-state index >= 15 is 0 Å². The molecule has 0 bridgehead atoms. The fraction of sp³-hybridized carbons (Fsp3) is 0.0667. The molecule has 0 N–H and O–H groups in total. The predicted octanol–water partition coefficient (Wildman–Crippen LogP) is 6.85. The fourth-order valence-corrected chi connectivity index (χ4v) is 6.03. The van der Waals surface area contributed by atoms with Crippen molar-refractivity contribution < 1.29 is 0 Å². The highest BCUT2D eigenvalue weighted by Gasteiger charge is 2.25. The molecule has 4 aromatic rings. The minimum absolute atomic E-state index is 1.22.